The van der Waals surface area contributed by atoms with Crippen molar-refractivity contribution in [3.8, 4) is 0 Å². The van der Waals surface area contributed by atoms with E-state index in [1.54, 1.807) is 0 Å². The lowest BCUT2D eigenvalue weighted by molar-refractivity contribution is -0.138. The number of hydrogen-bond acceptors (Lipinski definition) is 3. The molecule has 1 atom stereocenters. The van der Waals surface area contributed by atoms with Crippen molar-refractivity contribution in [3.63, 3.8) is 0 Å². The third-order valence-corrected chi connectivity index (χ3v) is 2.17. The molecule has 4 nitrogen and oxygen atoms in total. The third-order valence-electron chi connectivity index (χ3n) is 2.17. The first-order chi connectivity index (χ1) is 8.11. The second kappa shape index (κ2) is 9.81. The van der Waals surface area contributed by atoms with Crippen LogP contribution in [0.5, 0.6) is 0 Å². The Labute approximate surface area is 103 Å². The van der Waals surface area contributed by atoms with Gasteiger partial charge >= 0.3 is 5.97 Å². The molecule has 0 radical (unpaired) electrons. The Bertz CT molecular complexity index is 300. The van der Waals surface area contributed by atoms with Crippen molar-refractivity contribution in [2.45, 2.75) is 32.2 Å². The molecule has 5 N–H and O–H groups in total. The van der Waals surface area contributed by atoms with Gasteiger partial charge in [-0.15, -0.1) is 0 Å². The second-order valence-corrected chi connectivity index (χ2v) is 3.78. The van der Waals surface area contributed by atoms with E-state index in [9.17, 15) is 4.79 Å². The van der Waals surface area contributed by atoms with Gasteiger partial charge in [-0.25, -0.2) is 0 Å². The predicted octanol–water partition coefficient (Wildman–Crippen LogP) is 1.39. The summed E-state index contributed by atoms with van der Waals surface area (Å²) in [4.78, 5) is 10.4. The quantitative estimate of drug-likeness (QED) is 0.723. The molecular formula is C13H22N2O2. The zero-order valence-electron chi connectivity index (χ0n) is 10.3. The molecule has 0 bridgehead atoms. The number of nitrogens with two attached hydrogens (primary N) is 2. The van der Waals surface area contributed by atoms with Crippen LogP contribution in [0.25, 0.3) is 0 Å². The molecule has 0 spiro atoms. The van der Waals surface area contributed by atoms with Crippen LogP contribution in [0.3, 0.4) is 0 Å². The highest BCUT2D eigenvalue weighted by molar-refractivity contribution is 5.73. The summed E-state index contributed by atoms with van der Waals surface area (Å²) in [6.07, 6.45) is 2.77. The average Bonchev–Trinajstić information content (AvgIpc) is 2.32. The van der Waals surface area contributed by atoms with Crippen LogP contribution in [0.4, 0.5) is 0 Å². The minimum Gasteiger partial charge on any atom is -0.480 e. The Balaban J connectivity index is 0.000000437. The van der Waals surface area contributed by atoms with Crippen LogP contribution in [-0.2, 0) is 11.2 Å². The van der Waals surface area contributed by atoms with Gasteiger partial charge in [-0.2, -0.15) is 0 Å². The van der Waals surface area contributed by atoms with E-state index >= 15 is 0 Å². The molecule has 0 saturated carbocycles. The molecule has 96 valence electrons. The smallest absolute Gasteiger partial charge is 0.320 e. The van der Waals surface area contributed by atoms with E-state index in [0.717, 1.165) is 12.1 Å². The zero-order chi connectivity index (χ0) is 13.1. The molecule has 17 heavy (non-hydrogen) atoms. The van der Waals surface area contributed by atoms with Crippen LogP contribution in [0.15, 0.2) is 30.3 Å². The molecule has 0 aliphatic heterocycles. The molecule has 0 heterocycles. The number of carbonyl (C=O) groups is 1. The topological polar surface area (TPSA) is 89.3 Å². The van der Waals surface area contributed by atoms with Crippen LogP contribution in [0.1, 0.15) is 25.3 Å². The maximum Gasteiger partial charge on any atom is 0.320 e. The normalized spacial score (nSPS) is 11.2. The van der Waals surface area contributed by atoms with Crippen LogP contribution >= 0.6 is 0 Å². The number of rotatable bonds is 5. The fraction of sp³-hybridized carbons (Fsp3) is 0.462. The van der Waals surface area contributed by atoms with Crippen molar-refractivity contribution in [1.29, 1.82) is 0 Å². The molecular weight excluding hydrogens is 216 g/mol. The average molecular weight is 238 g/mol. The van der Waals surface area contributed by atoms with Gasteiger partial charge in [0.2, 0.25) is 0 Å². The molecule has 0 aromatic heterocycles. The zero-order valence-corrected chi connectivity index (χ0v) is 10.3. The lowest BCUT2D eigenvalue weighted by atomic mass is 10.1. The SMILES string of the molecule is CCCCN.N[C@@H](Cc1ccccc1)C(=O)O. The molecule has 0 aliphatic rings. The van der Waals surface area contributed by atoms with Crippen molar-refractivity contribution in [1.82, 2.24) is 0 Å². The standard InChI is InChI=1S/C9H11NO2.C4H11N/c10-8(9(11)12)6-7-4-2-1-3-5-7;1-2-3-4-5/h1-5,8H,6,10H2,(H,11,12);2-5H2,1H3/t8-;/m0./s1. The third kappa shape index (κ3) is 8.42. The Hall–Kier alpha value is -1.39. The summed E-state index contributed by atoms with van der Waals surface area (Å²) in [7, 11) is 0. The summed E-state index contributed by atoms with van der Waals surface area (Å²) in [5.41, 5.74) is 11.4. The van der Waals surface area contributed by atoms with Crippen LogP contribution in [0, 0.1) is 0 Å². The van der Waals surface area contributed by atoms with Gasteiger partial charge in [0.05, 0.1) is 0 Å². The number of carboxylic acids is 1. The molecule has 0 unspecified atom stereocenters. The highest BCUT2D eigenvalue weighted by Gasteiger charge is 2.10. The summed E-state index contributed by atoms with van der Waals surface area (Å²) < 4.78 is 0. The molecule has 1 rings (SSSR count). The van der Waals surface area contributed by atoms with Crippen molar-refractivity contribution in [2.24, 2.45) is 11.5 Å². The first-order valence-electron chi connectivity index (χ1n) is 5.84. The minimum absolute atomic E-state index is 0.385. The van der Waals surface area contributed by atoms with Gasteiger partial charge in [-0.3, -0.25) is 4.79 Å². The van der Waals surface area contributed by atoms with Gasteiger partial charge in [0.15, 0.2) is 0 Å². The maximum atomic E-state index is 10.4. The molecule has 4 heteroatoms. The Morgan fingerprint density at radius 1 is 1.35 bits per heavy atom. The highest BCUT2D eigenvalue weighted by Crippen LogP contribution is 2.01. The first kappa shape index (κ1) is 15.6. The Morgan fingerprint density at radius 3 is 2.29 bits per heavy atom. The van der Waals surface area contributed by atoms with E-state index in [-0.39, 0.29) is 0 Å². The summed E-state index contributed by atoms with van der Waals surface area (Å²) in [5.74, 6) is -0.959. The van der Waals surface area contributed by atoms with E-state index in [1.807, 2.05) is 30.3 Å². The lowest BCUT2D eigenvalue weighted by Gasteiger charge is -2.04. The van der Waals surface area contributed by atoms with E-state index < -0.39 is 12.0 Å². The lowest BCUT2D eigenvalue weighted by Crippen LogP contribution is -2.32. The van der Waals surface area contributed by atoms with Gasteiger partial charge in [-0.1, -0.05) is 43.7 Å². The summed E-state index contributed by atoms with van der Waals surface area (Å²) in [6, 6.07) is 8.54. The number of benzene rings is 1. The van der Waals surface area contributed by atoms with Gasteiger partial charge in [0.25, 0.3) is 0 Å². The predicted molar refractivity (Wildman–Crippen MR) is 69.7 cm³/mol. The number of carboxylic acid groups (broad SMARTS) is 1. The monoisotopic (exact) mass is 238 g/mol. The summed E-state index contributed by atoms with van der Waals surface area (Å²) in [5, 5.41) is 8.52. The summed E-state index contributed by atoms with van der Waals surface area (Å²) in [6.45, 7) is 2.98. The van der Waals surface area contributed by atoms with Gasteiger partial charge in [0.1, 0.15) is 6.04 Å². The minimum atomic E-state index is -0.959. The van der Waals surface area contributed by atoms with E-state index in [1.165, 1.54) is 12.8 Å². The number of hydrogen-bond donors (Lipinski definition) is 3. The molecule has 0 saturated heterocycles. The van der Waals surface area contributed by atoms with E-state index in [0.29, 0.717) is 6.42 Å². The highest BCUT2D eigenvalue weighted by atomic mass is 16.4. The van der Waals surface area contributed by atoms with Gasteiger partial charge in [-0.05, 0) is 24.9 Å². The number of unbranched alkanes of at least 4 members (excludes halogenated alkanes) is 1. The fourth-order valence-corrected chi connectivity index (χ4v) is 1.16. The van der Waals surface area contributed by atoms with Crippen LogP contribution in [-0.4, -0.2) is 23.7 Å². The molecule has 1 aromatic rings. The van der Waals surface area contributed by atoms with Crippen LogP contribution in [0.2, 0.25) is 0 Å². The van der Waals surface area contributed by atoms with Crippen molar-refractivity contribution in [3.05, 3.63) is 35.9 Å². The van der Waals surface area contributed by atoms with E-state index in [2.05, 4.69) is 6.92 Å². The second-order valence-electron chi connectivity index (χ2n) is 3.78. The largest absolute Gasteiger partial charge is 0.480 e. The van der Waals surface area contributed by atoms with E-state index in [4.69, 9.17) is 16.6 Å². The number of aliphatic carboxylic acids is 1. The van der Waals surface area contributed by atoms with Crippen LogP contribution < -0.4 is 11.5 Å². The van der Waals surface area contributed by atoms with Gasteiger partial charge < -0.3 is 16.6 Å². The Morgan fingerprint density at radius 2 is 1.94 bits per heavy atom. The molecule has 0 amide bonds. The molecule has 0 fully saturated rings. The van der Waals surface area contributed by atoms with Gasteiger partial charge in [0, 0.05) is 0 Å². The molecule has 1 aromatic carbocycles. The van der Waals surface area contributed by atoms with Crippen molar-refractivity contribution in [2.75, 3.05) is 6.54 Å². The maximum absolute atomic E-state index is 10.4. The van der Waals surface area contributed by atoms with Crippen molar-refractivity contribution >= 4 is 5.97 Å². The molecule has 0 aliphatic carbocycles. The van der Waals surface area contributed by atoms with Crippen molar-refractivity contribution < 1.29 is 9.90 Å². The fourth-order valence-electron chi connectivity index (χ4n) is 1.16. The summed E-state index contributed by atoms with van der Waals surface area (Å²) >= 11 is 0. The first-order valence-corrected chi connectivity index (χ1v) is 5.84. The Kier molecular flexibility index (Phi) is 9.01.